The minimum Gasteiger partial charge on any atom is -0.462 e. The fraction of sp³-hybridized carbons (Fsp3) is 0.890. The number of hydrogen-bond donors (Lipinski definition) is 3. The van der Waals surface area contributed by atoms with E-state index in [1.165, 1.54) is 141 Å². The number of carbonyl (C=O) groups is 4. The van der Waals surface area contributed by atoms with Gasteiger partial charge in [-0.15, -0.1) is 0 Å². The summed E-state index contributed by atoms with van der Waals surface area (Å²) in [6, 6.07) is 0. The quantitative estimate of drug-likeness (QED) is 0.0169. The molecule has 0 aliphatic rings. The van der Waals surface area contributed by atoms with Gasteiger partial charge >= 0.3 is 39.5 Å². The average molecular weight is 1350 g/mol. The summed E-state index contributed by atoms with van der Waals surface area (Å²) in [6.45, 7) is 11.8. The molecule has 0 aromatic carbocycles. The van der Waals surface area contributed by atoms with Crippen molar-refractivity contribution in [1.29, 1.82) is 0 Å². The summed E-state index contributed by atoms with van der Waals surface area (Å²) in [6.07, 6.45) is 50.6. The Hall–Kier alpha value is -2.46. The zero-order valence-corrected chi connectivity index (χ0v) is 61.3. The SMILES string of the molecule is CCCCCC/C=C\C=C/CCCCCCCC(=O)O[C@H](COC(=O)CCCCCCCCCCCCC(C)CC)COP(=O)(O)OCC(O)COP(=O)(O)OC[C@@H](COC(=O)CCCCCCCCCCC(C)C)OC(=O)CCCCCCCCCCC(C)CC. The molecule has 0 aromatic rings. The Balaban J connectivity index is 5.31. The Bertz CT molecular complexity index is 1900. The van der Waals surface area contributed by atoms with Gasteiger partial charge in [0, 0.05) is 25.7 Å². The molecule has 0 amide bonds. The first-order chi connectivity index (χ1) is 44.3. The summed E-state index contributed by atoms with van der Waals surface area (Å²) in [4.78, 5) is 72.7. The lowest BCUT2D eigenvalue weighted by atomic mass is 9.99. The topological polar surface area (TPSA) is 237 Å². The third kappa shape index (κ3) is 63.6. The highest BCUT2D eigenvalue weighted by Gasteiger charge is 2.30. The Morgan fingerprint density at radius 2 is 0.641 bits per heavy atom. The number of aliphatic hydroxyl groups is 1. The molecule has 0 radical (unpaired) electrons. The highest BCUT2D eigenvalue weighted by molar-refractivity contribution is 7.47. The minimum absolute atomic E-state index is 0.0844. The lowest BCUT2D eigenvalue weighted by molar-refractivity contribution is -0.161. The zero-order valence-electron chi connectivity index (χ0n) is 59.5. The number of phosphoric acid groups is 2. The van der Waals surface area contributed by atoms with Crippen LogP contribution in [0.3, 0.4) is 0 Å². The molecule has 7 atom stereocenters. The minimum atomic E-state index is -4.96. The smallest absolute Gasteiger partial charge is 0.462 e. The van der Waals surface area contributed by atoms with Crippen molar-refractivity contribution in [3.05, 3.63) is 24.3 Å². The standard InChI is InChI=1S/C73H138O17P2/c1-8-11-12-13-14-15-16-17-18-19-20-25-35-42-49-56-72(77)89-68(60-83-70(75)54-47-40-33-24-22-21-23-31-38-45-52-65(6)9-2)62-87-91(79,80)85-58-67(74)59-86-92(81,82)88-63-69(61-84-71(76)55-48-41-34-28-26-30-37-44-51-64(4)5)90-73(78)57-50-43-36-29-27-32-39-46-53-66(7)10-3/h15-18,64-69,74H,8-14,19-63H2,1-7H3,(H,79,80)(H,81,82)/b16-15-,18-17-/t65?,66?,67?,68-,69-/m1/s1. The molecule has 0 saturated carbocycles. The number of hydrogen-bond acceptors (Lipinski definition) is 15. The summed E-state index contributed by atoms with van der Waals surface area (Å²) in [5.74, 6) is 0.145. The molecule has 542 valence electrons. The lowest BCUT2D eigenvalue weighted by Gasteiger charge is -2.21. The van der Waals surface area contributed by atoms with E-state index < -0.39 is 97.5 Å². The molecular weight excluding hydrogens is 1210 g/mol. The number of ether oxygens (including phenoxy) is 4. The van der Waals surface area contributed by atoms with E-state index >= 15 is 0 Å². The van der Waals surface area contributed by atoms with Gasteiger partial charge in [-0.05, 0) is 69.1 Å². The fourth-order valence-electron chi connectivity index (χ4n) is 10.5. The fourth-order valence-corrected chi connectivity index (χ4v) is 12.0. The van der Waals surface area contributed by atoms with Gasteiger partial charge in [-0.1, -0.05) is 291 Å². The van der Waals surface area contributed by atoms with Crippen molar-refractivity contribution in [1.82, 2.24) is 0 Å². The highest BCUT2D eigenvalue weighted by atomic mass is 31.2. The Morgan fingerprint density at radius 3 is 0.967 bits per heavy atom. The van der Waals surface area contributed by atoms with E-state index in [-0.39, 0.29) is 25.7 Å². The largest absolute Gasteiger partial charge is 0.472 e. The maximum atomic E-state index is 13.0. The zero-order chi connectivity index (χ0) is 68.0. The first-order valence-corrected chi connectivity index (χ1v) is 40.2. The second-order valence-electron chi connectivity index (χ2n) is 26.6. The van der Waals surface area contributed by atoms with Crippen LogP contribution >= 0.6 is 15.6 Å². The predicted octanol–water partition coefficient (Wildman–Crippen LogP) is 20.6. The van der Waals surface area contributed by atoms with E-state index in [1.54, 1.807) is 0 Å². The Kier molecular flexibility index (Phi) is 61.6. The van der Waals surface area contributed by atoms with Crippen LogP contribution in [0, 0.1) is 17.8 Å². The van der Waals surface area contributed by atoms with E-state index in [1.807, 2.05) is 0 Å². The van der Waals surface area contributed by atoms with Crippen molar-refractivity contribution in [3.8, 4) is 0 Å². The second-order valence-corrected chi connectivity index (χ2v) is 29.5. The maximum absolute atomic E-state index is 13.0. The summed E-state index contributed by atoms with van der Waals surface area (Å²) in [5, 5.41) is 10.6. The first-order valence-electron chi connectivity index (χ1n) is 37.2. The first kappa shape index (κ1) is 89.5. The molecule has 0 aliphatic carbocycles. The molecule has 0 bridgehead atoms. The average Bonchev–Trinajstić information content (AvgIpc) is 3.05. The van der Waals surface area contributed by atoms with E-state index in [4.69, 9.17) is 37.0 Å². The second kappa shape index (κ2) is 63.3. The molecule has 0 saturated heterocycles. The van der Waals surface area contributed by atoms with E-state index in [2.05, 4.69) is 72.8 Å². The van der Waals surface area contributed by atoms with Crippen molar-refractivity contribution < 1.29 is 80.2 Å². The van der Waals surface area contributed by atoms with Gasteiger partial charge in [-0.3, -0.25) is 37.3 Å². The lowest BCUT2D eigenvalue weighted by Crippen LogP contribution is -2.30. The summed E-state index contributed by atoms with van der Waals surface area (Å²) >= 11 is 0. The van der Waals surface area contributed by atoms with Gasteiger partial charge in [0.1, 0.15) is 19.3 Å². The van der Waals surface area contributed by atoms with Crippen LogP contribution in [0.4, 0.5) is 0 Å². The number of unbranched alkanes of at least 4 members (excludes halogenated alkanes) is 32. The van der Waals surface area contributed by atoms with Crippen molar-refractivity contribution in [3.63, 3.8) is 0 Å². The molecular formula is C73H138O17P2. The van der Waals surface area contributed by atoms with Crippen LogP contribution in [-0.4, -0.2) is 96.7 Å². The molecule has 0 fully saturated rings. The van der Waals surface area contributed by atoms with Crippen LogP contribution in [0.2, 0.25) is 0 Å². The molecule has 0 aliphatic heterocycles. The summed E-state index contributed by atoms with van der Waals surface area (Å²) < 4.78 is 68.4. The van der Waals surface area contributed by atoms with Gasteiger partial charge in [0.05, 0.1) is 26.4 Å². The Morgan fingerprint density at radius 1 is 0.359 bits per heavy atom. The van der Waals surface area contributed by atoms with Crippen LogP contribution in [0.1, 0.15) is 344 Å². The highest BCUT2D eigenvalue weighted by Crippen LogP contribution is 2.45. The van der Waals surface area contributed by atoms with E-state index in [0.717, 1.165) is 120 Å². The molecule has 19 heteroatoms. The molecule has 17 nitrogen and oxygen atoms in total. The normalized spacial score (nSPS) is 14.9. The molecule has 0 spiro atoms. The van der Waals surface area contributed by atoms with Crippen molar-refractivity contribution >= 4 is 39.5 Å². The number of carbonyl (C=O) groups excluding carboxylic acids is 4. The van der Waals surface area contributed by atoms with Crippen molar-refractivity contribution in [2.75, 3.05) is 39.6 Å². The molecule has 0 rings (SSSR count). The number of rotatable bonds is 69. The summed E-state index contributed by atoms with van der Waals surface area (Å²) in [5.41, 5.74) is 0. The monoisotopic (exact) mass is 1350 g/mol. The van der Waals surface area contributed by atoms with Gasteiger partial charge in [-0.25, -0.2) is 9.13 Å². The van der Waals surface area contributed by atoms with Gasteiger partial charge in [-0.2, -0.15) is 0 Å². The number of aliphatic hydroxyl groups excluding tert-OH is 1. The number of esters is 4. The predicted molar refractivity (Wildman–Crippen MR) is 372 cm³/mol. The van der Waals surface area contributed by atoms with Crippen molar-refractivity contribution in [2.24, 2.45) is 17.8 Å². The van der Waals surface area contributed by atoms with E-state index in [9.17, 15) is 43.2 Å². The molecule has 0 heterocycles. The van der Waals surface area contributed by atoms with Crippen molar-refractivity contribution in [2.45, 2.75) is 362 Å². The third-order valence-corrected chi connectivity index (χ3v) is 18.9. The number of phosphoric ester groups is 2. The molecule has 0 aromatic heterocycles. The van der Waals surface area contributed by atoms with Crippen LogP contribution in [-0.2, 0) is 65.4 Å². The van der Waals surface area contributed by atoms with Gasteiger partial charge < -0.3 is 33.8 Å². The van der Waals surface area contributed by atoms with Crippen LogP contribution in [0.5, 0.6) is 0 Å². The Labute approximate surface area is 561 Å². The molecule has 3 N–H and O–H groups in total. The van der Waals surface area contributed by atoms with Gasteiger partial charge in [0.25, 0.3) is 0 Å². The molecule has 92 heavy (non-hydrogen) atoms. The summed E-state index contributed by atoms with van der Waals surface area (Å²) in [7, 11) is -9.92. The van der Waals surface area contributed by atoms with Crippen LogP contribution < -0.4 is 0 Å². The van der Waals surface area contributed by atoms with Gasteiger partial charge in [0.15, 0.2) is 12.2 Å². The third-order valence-electron chi connectivity index (χ3n) is 17.0. The van der Waals surface area contributed by atoms with Gasteiger partial charge in [0.2, 0.25) is 0 Å². The number of allylic oxidation sites excluding steroid dienone is 4. The van der Waals surface area contributed by atoms with E-state index in [0.29, 0.717) is 25.7 Å². The molecule has 5 unspecified atom stereocenters. The van der Waals surface area contributed by atoms with Crippen LogP contribution in [0.25, 0.3) is 0 Å². The maximum Gasteiger partial charge on any atom is 0.472 e. The van der Waals surface area contributed by atoms with Crippen LogP contribution in [0.15, 0.2) is 24.3 Å².